The van der Waals surface area contributed by atoms with Crippen molar-refractivity contribution in [2.45, 2.75) is 11.9 Å². The number of rotatable bonds is 5. The van der Waals surface area contributed by atoms with Crippen LogP contribution in [0.2, 0.25) is 0 Å². The summed E-state index contributed by atoms with van der Waals surface area (Å²) in [4.78, 5) is 21.2. The van der Waals surface area contributed by atoms with E-state index in [1.54, 1.807) is 24.6 Å². The number of esters is 1. The molecule has 0 N–H and O–H groups in total. The molecule has 4 nitrogen and oxygen atoms in total. The summed E-state index contributed by atoms with van der Waals surface area (Å²) in [5.74, 6) is 0.0278. The molecule has 0 fully saturated rings. The molecule has 0 aliphatic heterocycles. The largest absolute Gasteiger partial charge is 0.465 e. The summed E-state index contributed by atoms with van der Waals surface area (Å²) in [6.45, 7) is 2.20. The fraction of sp³-hybridized carbons (Fsp3) is 0.188. The minimum Gasteiger partial charge on any atom is -0.465 e. The van der Waals surface area contributed by atoms with Crippen molar-refractivity contribution in [1.29, 1.82) is 0 Å². The number of hydrogen-bond donors (Lipinski definition) is 0. The van der Waals surface area contributed by atoms with Gasteiger partial charge in [0.25, 0.3) is 0 Å². The van der Waals surface area contributed by atoms with Crippen LogP contribution in [0, 0.1) is 0 Å². The zero-order valence-electron chi connectivity index (χ0n) is 12.0. The highest BCUT2D eigenvalue weighted by Gasteiger charge is 2.14. The summed E-state index contributed by atoms with van der Waals surface area (Å²) in [6, 6.07) is 10.1. The molecule has 2 aromatic heterocycles. The highest BCUT2D eigenvalue weighted by molar-refractivity contribution is 8.00. The first-order valence-corrected chi connectivity index (χ1v) is 8.72. The Morgan fingerprint density at radius 3 is 2.86 bits per heavy atom. The summed E-state index contributed by atoms with van der Waals surface area (Å²) in [6.07, 6.45) is 1.54. The molecule has 0 bridgehead atoms. The highest BCUT2D eigenvalue weighted by Crippen LogP contribution is 2.37. The van der Waals surface area contributed by atoms with Gasteiger partial charge in [0.2, 0.25) is 0 Å². The van der Waals surface area contributed by atoms with Crippen LogP contribution in [0.4, 0.5) is 0 Å². The number of aromatic nitrogens is 2. The quantitative estimate of drug-likeness (QED) is 0.402. The van der Waals surface area contributed by atoms with Gasteiger partial charge in [0.1, 0.15) is 16.2 Å². The van der Waals surface area contributed by atoms with Crippen LogP contribution in [-0.4, -0.2) is 28.3 Å². The smallest absolute Gasteiger partial charge is 0.316 e. The van der Waals surface area contributed by atoms with E-state index in [2.05, 4.69) is 27.5 Å². The second kappa shape index (κ2) is 6.89. The fourth-order valence-electron chi connectivity index (χ4n) is 2.12. The summed E-state index contributed by atoms with van der Waals surface area (Å²) in [7, 11) is 0. The first kappa shape index (κ1) is 15.0. The first-order valence-electron chi connectivity index (χ1n) is 6.85. The molecule has 3 rings (SSSR count). The van der Waals surface area contributed by atoms with Crippen LogP contribution in [0.5, 0.6) is 0 Å². The van der Waals surface area contributed by atoms with E-state index in [0.717, 1.165) is 26.4 Å². The number of thiophene rings is 1. The van der Waals surface area contributed by atoms with Gasteiger partial charge in [-0.25, -0.2) is 9.97 Å². The molecule has 0 atom stereocenters. The van der Waals surface area contributed by atoms with Crippen LogP contribution in [0.15, 0.2) is 47.1 Å². The van der Waals surface area contributed by atoms with Crippen LogP contribution in [-0.2, 0) is 9.53 Å². The van der Waals surface area contributed by atoms with Crippen molar-refractivity contribution in [3.63, 3.8) is 0 Å². The molecule has 0 aliphatic rings. The molecule has 1 aromatic carbocycles. The molecule has 22 heavy (non-hydrogen) atoms. The fourth-order valence-corrected chi connectivity index (χ4v) is 3.91. The molecule has 6 heteroatoms. The number of fused-ring (bicyclic) bond motifs is 1. The Morgan fingerprint density at radius 2 is 2.09 bits per heavy atom. The predicted octanol–water partition coefficient (Wildman–Crippen LogP) is 4.01. The second-order valence-electron chi connectivity index (χ2n) is 4.47. The number of thioether (sulfide) groups is 1. The maximum Gasteiger partial charge on any atom is 0.316 e. The Hall–Kier alpha value is -1.92. The van der Waals surface area contributed by atoms with Gasteiger partial charge in [-0.15, -0.1) is 11.3 Å². The van der Waals surface area contributed by atoms with E-state index in [-0.39, 0.29) is 11.7 Å². The van der Waals surface area contributed by atoms with Gasteiger partial charge in [0, 0.05) is 10.9 Å². The summed E-state index contributed by atoms with van der Waals surface area (Å²) in [5, 5.41) is 3.91. The van der Waals surface area contributed by atoms with Crippen LogP contribution >= 0.6 is 23.1 Å². The lowest BCUT2D eigenvalue weighted by Gasteiger charge is -2.05. The van der Waals surface area contributed by atoms with Crippen molar-refractivity contribution in [1.82, 2.24) is 9.97 Å². The monoisotopic (exact) mass is 330 g/mol. The molecule has 0 radical (unpaired) electrons. The molecule has 0 spiro atoms. The second-order valence-corrected chi connectivity index (χ2v) is 6.29. The molecular formula is C16H14N2O2S2. The van der Waals surface area contributed by atoms with E-state index in [4.69, 9.17) is 4.74 Å². The van der Waals surface area contributed by atoms with E-state index in [1.807, 2.05) is 18.2 Å². The van der Waals surface area contributed by atoms with Crippen molar-refractivity contribution in [3.05, 3.63) is 42.0 Å². The third-order valence-corrected chi connectivity index (χ3v) is 4.90. The van der Waals surface area contributed by atoms with Gasteiger partial charge in [-0.1, -0.05) is 42.1 Å². The molecular weight excluding hydrogens is 316 g/mol. The number of hydrogen-bond acceptors (Lipinski definition) is 6. The van der Waals surface area contributed by atoms with Gasteiger partial charge >= 0.3 is 5.97 Å². The van der Waals surface area contributed by atoms with Gasteiger partial charge in [-0.05, 0) is 12.5 Å². The molecule has 2 heterocycles. The van der Waals surface area contributed by atoms with Gasteiger partial charge in [0.15, 0.2) is 0 Å². The third-order valence-electron chi connectivity index (χ3n) is 3.05. The molecule has 3 aromatic rings. The maximum absolute atomic E-state index is 11.6. The topological polar surface area (TPSA) is 52.1 Å². The first-order chi connectivity index (χ1) is 10.8. The number of carbonyl (C=O) groups is 1. The minimum absolute atomic E-state index is 0.226. The Labute approximate surface area is 136 Å². The third kappa shape index (κ3) is 3.13. The average Bonchev–Trinajstić information content (AvgIpc) is 2.99. The van der Waals surface area contributed by atoms with Crippen LogP contribution in [0.1, 0.15) is 6.92 Å². The number of benzene rings is 1. The lowest BCUT2D eigenvalue weighted by Crippen LogP contribution is -2.06. The molecule has 0 aliphatic carbocycles. The number of carbonyl (C=O) groups excluding carboxylic acids is 1. The SMILES string of the molecule is CCOC(=O)CSc1ncnc2scc(-c3ccccc3)c12. The highest BCUT2D eigenvalue weighted by atomic mass is 32.2. The lowest BCUT2D eigenvalue weighted by atomic mass is 10.1. The number of ether oxygens (including phenoxy) is 1. The van der Waals surface area contributed by atoms with Crippen LogP contribution < -0.4 is 0 Å². The Bertz CT molecular complexity index is 787. The van der Waals surface area contributed by atoms with Crippen molar-refractivity contribution in [3.8, 4) is 11.1 Å². The van der Waals surface area contributed by atoms with Crippen molar-refractivity contribution < 1.29 is 9.53 Å². The zero-order chi connectivity index (χ0) is 15.4. The van der Waals surface area contributed by atoms with Crippen molar-refractivity contribution in [2.24, 2.45) is 0 Å². The van der Waals surface area contributed by atoms with E-state index in [1.165, 1.54) is 11.8 Å². The summed E-state index contributed by atoms with van der Waals surface area (Å²) >= 11 is 2.98. The Balaban J connectivity index is 1.97. The standard InChI is InChI=1S/C16H14N2O2S2/c1-2-20-13(19)9-22-16-14-12(11-6-4-3-5-7-11)8-21-15(14)17-10-18-16/h3-8,10H,2,9H2,1H3. The molecule has 0 saturated heterocycles. The lowest BCUT2D eigenvalue weighted by molar-refractivity contribution is -0.139. The summed E-state index contributed by atoms with van der Waals surface area (Å²) in [5.41, 5.74) is 2.23. The zero-order valence-corrected chi connectivity index (χ0v) is 13.6. The van der Waals surface area contributed by atoms with Gasteiger partial charge in [-0.3, -0.25) is 4.79 Å². The average molecular weight is 330 g/mol. The Kier molecular flexibility index (Phi) is 4.70. The van der Waals surface area contributed by atoms with Gasteiger partial charge in [0.05, 0.1) is 17.7 Å². The molecule has 112 valence electrons. The van der Waals surface area contributed by atoms with E-state index < -0.39 is 0 Å². The van der Waals surface area contributed by atoms with E-state index in [9.17, 15) is 4.79 Å². The van der Waals surface area contributed by atoms with Crippen LogP contribution in [0.25, 0.3) is 21.3 Å². The van der Waals surface area contributed by atoms with Gasteiger partial charge in [-0.2, -0.15) is 0 Å². The van der Waals surface area contributed by atoms with E-state index in [0.29, 0.717) is 6.61 Å². The molecule has 0 unspecified atom stereocenters. The molecule has 0 saturated carbocycles. The van der Waals surface area contributed by atoms with Crippen LogP contribution in [0.3, 0.4) is 0 Å². The molecule has 0 amide bonds. The van der Waals surface area contributed by atoms with Crippen molar-refractivity contribution in [2.75, 3.05) is 12.4 Å². The van der Waals surface area contributed by atoms with Crippen molar-refractivity contribution >= 4 is 39.3 Å². The number of nitrogens with zero attached hydrogens (tertiary/aromatic N) is 2. The maximum atomic E-state index is 11.6. The van der Waals surface area contributed by atoms with E-state index >= 15 is 0 Å². The predicted molar refractivity (Wildman–Crippen MR) is 90.2 cm³/mol. The Morgan fingerprint density at radius 1 is 1.27 bits per heavy atom. The van der Waals surface area contributed by atoms with Gasteiger partial charge < -0.3 is 4.74 Å². The normalized spacial score (nSPS) is 10.8. The summed E-state index contributed by atoms with van der Waals surface area (Å²) < 4.78 is 4.97. The minimum atomic E-state index is -0.226.